The van der Waals surface area contributed by atoms with Gasteiger partial charge in [-0.25, -0.2) is 9.59 Å². The molecule has 43 heavy (non-hydrogen) atoms. The molecular weight excluding hydrogens is 565 g/mol. The van der Waals surface area contributed by atoms with Crippen molar-refractivity contribution in [1.82, 2.24) is 14.7 Å². The van der Waals surface area contributed by atoms with Crippen LogP contribution in [0, 0.1) is 0 Å². The average Bonchev–Trinajstić information content (AvgIpc) is 2.94. The van der Waals surface area contributed by atoms with Crippen LogP contribution < -0.4 is 5.32 Å². The van der Waals surface area contributed by atoms with E-state index < -0.39 is 29.3 Å². The Morgan fingerprint density at radius 3 is 2.42 bits per heavy atom. The van der Waals surface area contributed by atoms with E-state index in [0.717, 1.165) is 23.6 Å². The Morgan fingerprint density at radius 2 is 1.74 bits per heavy atom. The number of hydrogen-bond acceptors (Lipinski definition) is 6. The van der Waals surface area contributed by atoms with Gasteiger partial charge in [-0.2, -0.15) is 13.2 Å². The van der Waals surface area contributed by atoms with Crippen molar-refractivity contribution < 1.29 is 37.0 Å². The second kappa shape index (κ2) is 14.5. The smallest absolute Gasteiger partial charge is 0.416 e. The number of nitrogens with one attached hydrogen (secondary N) is 1. The number of carbonyl (C=O) groups excluding carboxylic acids is 3. The number of benzene rings is 2. The minimum absolute atomic E-state index is 0.00975. The Morgan fingerprint density at radius 1 is 1.02 bits per heavy atom. The quantitative estimate of drug-likeness (QED) is 0.361. The van der Waals surface area contributed by atoms with Crippen LogP contribution in [0.15, 0.2) is 42.5 Å². The highest BCUT2D eigenvalue weighted by Crippen LogP contribution is 2.32. The van der Waals surface area contributed by atoms with Gasteiger partial charge >= 0.3 is 18.4 Å². The fourth-order valence-electron chi connectivity index (χ4n) is 4.63. The molecule has 9 nitrogen and oxygen atoms in total. The molecule has 0 saturated heterocycles. The van der Waals surface area contributed by atoms with Crippen LogP contribution in [0.1, 0.15) is 56.4 Å². The van der Waals surface area contributed by atoms with Gasteiger partial charge in [-0.3, -0.25) is 4.79 Å². The van der Waals surface area contributed by atoms with Crippen LogP contribution in [-0.4, -0.2) is 78.2 Å². The lowest BCUT2D eigenvalue weighted by Crippen LogP contribution is -2.43. The number of rotatable bonds is 10. The maximum Gasteiger partial charge on any atom is 0.416 e. The van der Waals surface area contributed by atoms with Gasteiger partial charge in [-0.05, 0) is 62.4 Å². The summed E-state index contributed by atoms with van der Waals surface area (Å²) >= 11 is 0. The van der Waals surface area contributed by atoms with Gasteiger partial charge in [0.05, 0.1) is 18.7 Å². The van der Waals surface area contributed by atoms with Gasteiger partial charge in [0.25, 0.3) is 0 Å². The lowest BCUT2D eigenvalue weighted by molar-refractivity contribution is -0.139. The Hall–Kier alpha value is -3.96. The summed E-state index contributed by atoms with van der Waals surface area (Å²) in [5.74, 6) is -0.437. The van der Waals surface area contributed by atoms with Gasteiger partial charge in [-0.15, -0.1) is 0 Å². The van der Waals surface area contributed by atoms with E-state index >= 15 is 0 Å². The average molecular weight is 607 g/mol. The summed E-state index contributed by atoms with van der Waals surface area (Å²) < 4.78 is 51.8. The number of hydrogen-bond donors (Lipinski definition) is 1. The molecule has 12 heteroatoms. The number of nitrogens with zero attached hydrogens (tertiary/aromatic N) is 3. The molecule has 3 amide bonds. The molecular formula is C31H41F3N4O5. The molecule has 2 aromatic rings. The molecule has 1 aliphatic heterocycles. The van der Waals surface area contributed by atoms with Crippen molar-refractivity contribution >= 4 is 23.8 Å². The van der Waals surface area contributed by atoms with Crippen molar-refractivity contribution in [2.75, 3.05) is 45.2 Å². The zero-order chi connectivity index (χ0) is 31.8. The van der Waals surface area contributed by atoms with Crippen molar-refractivity contribution in [3.63, 3.8) is 0 Å². The van der Waals surface area contributed by atoms with E-state index in [1.165, 1.54) is 35.0 Å². The highest BCUT2D eigenvalue weighted by atomic mass is 19.4. The lowest BCUT2D eigenvalue weighted by atomic mass is 9.98. The van der Waals surface area contributed by atoms with E-state index in [2.05, 4.69) is 5.32 Å². The molecule has 1 heterocycles. The van der Waals surface area contributed by atoms with Gasteiger partial charge < -0.3 is 29.5 Å². The summed E-state index contributed by atoms with van der Waals surface area (Å²) in [7, 11) is 1.51. The lowest BCUT2D eigenvalue weighted by Gasteiger charge is -2.30. The molecule has 0 aliphatic carbocycles. The van der Waals surface area contributed by atoms with Crippen molar-refractivity contribution in [2.24, 2.45) is 0 Å². The first-order chi connectivity index (χ1) is 20.2. The molecule has 0 atom stereocenters. The maximum absolute atomic E-state index is 13.7. The van der Waals surface area contributed by atoms with E-state index in [-0.39, 0.29) is 37.8 Å². The fraction of sp³-hybridized carbons (Fsp3) is 0.516. The molecule has 0 spiro atoms. The van der Waals surface area contributed by atoms with Crippen molar-refractivity contribution in [2.45, 2.75) is 65.4 Å². The van der Waals surface area contributed by atoms with Crippen molar-refractivity contribution in [1.29, 1.82) is 0 Å². The van der Waals surface area contributed by atoms with E-state index in [0.29, 0.717) is 31.8 Å². The molecule has 0 radical (unpaired) electrons. The first-order valence-corrected chi connectivity index (χ1v) is 14.3. The largest absolute Gasteiger partial charge is 0.449 e. The van der Waals surface area contributed by atoms with E-state index in [9.17, 15) is 27.6 Å². The Labute approximate surface area is 250 Å². The Balaban J connectivity index is 1.75. The zero-order valence-electron chi connectivity index (χ0n) is 25.4. The van der Waals surface area contributed by atoms with Crippen LogP contribution in [0.2, 0.25) is 0 Å². The number of alkyl halides is 3. The van der Waals surface area contributed by atoms with Gasteiger partial charge in [0.15, 0.2) is 0 Å². The molecule has 2 aromatic carbocycles. The van der Waals surface area contributed by atoms with E-state index in [1.54, 1.807) is 25.7 Å². The number of amides is 3. The van der Waals surface area contributed by atoms with Crippen LogP contribution in [-0.2, 0) is 40.0 Å². The summed E-state index contributed by atoms with van der Waals surface area (Å²) in [6, 6.07) is 10.7. The standard InChI is InChI=1S/C31H41F3N4O5/c1-6-18-42-29(41)38-15-14-24-22(20-38)11-9-13-26(24)35-19-27(39)37(17-16-36(5)28(40)43-30(2,3)4)21-23-10-7-8-12-25(23)31(32,33)34/h7-13,35H,6,14-21H2,1-5H3. The number of fused-ring (bicyclic) bond motifs is 1. The first-order valence-electron chi connectivity index (χ1n) is 14.3. The second-order valence-electron chi connectivity index (χ2n) is 11.5. The third-order valence-electron chi connectivity index (χ3n) is 6.83. The predicted octanol–water partition coefficient (Wildman–Crippen LogP) is 5.92. The van der Waals surface area contributed by atoms with Gasteiger partial charge in [-0.1, -0.05) is 37.3 Å². The van der Waals surface area contributed by atoms with Crippen LogP contribution in [0.3, 0.4) is 0 Å². The van der Waals surface area contributed by atoms with E-state index in [1.807, 2.05) is 25.1 Å². The van der Waals surface area contributed by atoms with Crippen LogP contribution in [0.5, 0.6) is 0 Å². The molecule has 236 valence electrons. The topological polar surface area (TPSA) is 91.4 Å². The first kappa shape index (κ1) is 33.5. The summed E-state index contributed by atoms with van der Waals surface area (Å²) in [5, 5.41) is 3.15. The zero-order valence-corrected chi connectivity index (χ0v) is 25.4. The minimum Gasteiger partial charge on any atom is -0.449 e. The molecule has 0 bridgehead atoms. The summed E-state index contributed by atoms with van der Waals surface area (Å²) in [6.45, 7) is 7.87. The maximum atomic E-state index is 13.7. The normalized spacial score (nSPS) is 13.2. The van der Waals surface area contributed by atoms with Crippen molar-refractivity contribution in [3.8, 4) is 0 Å². The predicted molar refractivity (Wildman–Crippen MR) is 156 cm³/mol. The molecule has 3 rings (SSSR count). The second-order valence-corrected chi connectivity index (χ2v) is 11.5. The van der Waals surface area contributed by atoms with Gasteiger partial charge in [0.2, 0.25) is 5.91 Å². The summed E-state index contributed by atoms with van der Waals surface area (Å²) in [4.78, 5) is 42.5. The Bertz CT molecular complexity index is 1280. The third kappa shape index (κ3) is 9.79. The molecule has 1 N–H and O–H groups in total. The highest BCUT2D eigenvalue weighted by molar-refractivity contribution is 5.81. The number of ether oxygens (including phenoxy) is 2. The molecule has 0 saturated carbocycles. The molecule has 1 aliphatic rings. The van der Waals surface area contributed by atoms with Crippen LogP contribution in [0.25, 0.3) is 0 Å². The van der Waals surface area contributed by atoms with Gasteiger partial charge in [0, 0.05) is 45.5 Å². The number of anilines is 1. The number of likely N-dealkylation sites (N-methyl/N-ethyl adjacent to an activating group) is 1. The van der Waals surface area contributed by atoms with Gasteiger partial charge in [0.1, 0.15) is 5.60 Å². The summed E-state index contributed by atoms with van der Waals surface area (Å²) in [6.07, 6.45) is -4.27. The fourth-order valence-corrected chi connectivity index (χ4v) is 4.63. The van der Waals surface area contributed by atoms with Crippen LogP contribution >= 0.6 is 0 Å². The number of halogens is 3. The van der Waals surface area contributed by atoms with E-state index in [4.69, 9.17) is 9.47 Å². The SMILES string of the molecule is CCCOC(=O)N1CCc2c(cccc2NCC(=O)N(CCN(C)C(=O)OC(C)(C)C)Cc2ccccc2C(F)(F)F)C1. The highest BCUT2D eigenvalue weighted by Gasteiger charge is 2.34. The Kier molecular flexibility index (Phi) is 11.3. The molecule has 0 fully saturated rings. The summed E-state index contributed by atoms with van der Waals surface area (Å²) in [5.41, 5.74) is 1.02. The number of carbonyl (C=O) groups is 3. The van der Waals surface area contributed by atoms with Crippen molar-refractivity contribution in [3.05, 3.63) is 64.7 Å². The molecule has 0 aromatic heterocycles. The monoisotopic (exact) mass is 606 g/mol. The third-order valence-corrected chi connectivity index (χ3v) is 6.83. The van der Waals surface area contributed by atoms with Crippen LogP contribution in [0.4, 0.5) is 28.4 Å². The molecule has 0 unspecified atom stereocenters. The minimum atomic E-state index is -4.59.